The molecule has 2 aromatic rings. The van der Waals surface area contributed by atoms with Gasteiger partial charge < -0.3 is 19.9 Å². The maximum absolute atomic E-state index is 12.6. The van der Waals surface area contributed by atoms with Crippen molar-refractivity contribution in [3.8, 4) is 11.5 Å². The van der Waals surface area contributed by atoms with E-state index in [1.54, 1.807) is 12.1 Å². The van der Waals surface area contributed by atoms with Crippen LogP contribution >= 0.6 is 0 Å². The molecule has 0 bridgehead atoms. The lowest BCUT2D eigenvalue weighted by molar-refractivity contribution is -0.141. The normalized spacial score (nSPS) is 11.8. The highest BCUT2D eigenvalue weighted by Gasteiger charge is 2.18. The Labute approximate surface area is 136 Å². The van der Waals surface area contributed by atoms with Crippen LogP contribution in [0.25, 0.3) is 10.8 Å². The standard InChI is InChI=1S/C15H17N3O6/c1-8(15(21)22)17-11(19)7-18-14(20)12-9(6-16-18)4-5-10(23-2)13(12)24-3/h4-6,8H,7H2,1-3H3,(H,17,19)(H,21,22). The molecule has 1 aromatic heterocycles. The number of ether oxygens (including phenoxy) is 2. The average Bonchev–Trinajstić information content (AvgIpc) is 2.56. The SMILES string of the molecule is COc1ccc2cnn(CC(=O)NC(C)C(=O)O)c(=O)c2c1OC. The fourth-order valence-electron chi connectivity index (χ4n) is 2.18. The van der Waals surface area contributed by atoms with E-state index in [9.17, 15) is 14.4 Å². The third kappa shape index (κ3) is 3.29. The molecular weight excluding hydrogens is 318 g/mol. The molecular formula is C15H17N3O6. The molecule has 9 nitrogen and oxygen atoms in total. The molecule has 24 heavy (non-hydrogen) atoms. The highest BCUT2D eigenvalue weighted by molar-refractivity contribution is 5.89. The smallest absolute Gasteiger partial charge is 0.325 e. The van der Waals surface area contributed by atoms with Crippen LogP contribution < -0.4 is 20.3 Å². The lowest BCUT2D eigenvalue weighted by Gasteiger charge is -2.12. The second kappa shape index (κ2) is 6.99. The van der Waals surface area contributed by atoms with Gasteiger partial charge in [-0.2, -0.15) is 5.10 Å². The van der Waals surface area contributed by atoms with E-state index < -0.39 is 30.0 Å². The molecule has 2 N–H and O–H groups in total. The van der Waals surface area contributed by atoms with E-state index in [-0.39, 0.29) is 11.1 Å². The number of carbonyl (C=O) groups is 2. The highest BCUT2D eigenvalue weighted by Crippen LogP contribution is 2.32. The summed E-state index contributed by atoms with van der Waals surface area (Å²) in [6.45, 7) is 0.914. The van der Waals surface area contributed by atoms with Gasteiger partial charge in [-0.1, -0.05) is 0 Å². The molecule has 1 aromatic carbocycles. The Morgan fingerprint density at radius 3 is 2.62 bits per heavy atom. The number of benzene rings is 1. The predicted octanol–water partition coefficient (Wildman–Crippen LogP) is 0.00300. The van der Waals surface area contributed by atoms with Gasteiger partial charge in [0.05, 0.1) is 25.8 Å². The van der Waals surface area contributed by atoms with Gasteiger partial charge in [0.25, 0.3) is 5.56 Å². The lowest BCUT2D eigenvalue weighted by atomic mass is 10.1. The zero-order valence-corrected chi connectivity index (χ0v) is 13.4. The van der Waals surface area contributed by atoms with E-state index in [2.05, 4.69) is 10.4 Å². The average molecular weight is 335 g/mol. The first-order valence-corrected chi connectivity index (χ1v) is 7.02. The summed E-state index contributed by atoms with van der Waals surface area (Å²) in [6.07, 6.45) is 1.42. The molecule has 9 heteroatoms. The number of hydrogen-bond donors (Lipinski definition) is 2. The van der Waals surface area contributed by atoms with Crippen molar-refractivity contribution in [2.75, 3.05) is 14.2 Å². The first kappa shape index (κ1) is 17.3. The number of carbonyl (C=O) groups excluding carboxylic acids is 1. The van der Waals surface area contributed by atoms with Crippen molar-refractivity contribution in [1.82, 2.24) is 15.1 Å². The van der Waals surface area contributed by atoms with Gasteiger partial charge in [0.2, 0.25) is 5.91 Å². The van der Waals surface area contributed by atoms with E-state index in [0.717, 1.165) is 4.68 Å². The lowest BCUT2D eigenvalue weighted by Crippen LogP contribution is -2.41. The summed E-state index contributed by atoms with van der Waals surface area (Å²) in [5, 5.41) is 15.7. The number of rotatable bonds is 6. The Morgan fingerprint density at radius 2 is 2.04 bits per heavy atom. The summed E-state index contributed by atoms with van der Waals surface area (Å²) in [5.74, 6) is -1.19. The summed E-state index contributed by atoms with van der Waals surface area (Å²) in [5.41, 5.74) is -0.540. The first-order chi connectivity index (χ1) is 11.4. The quantitative estimate of drug-likeness (QED) is 0.762. The molecule has 0 aliphatic rings. The van der Waals surface area contributed by atoms with E-state index in [1.807, 2.05) is 0 Å². The van der Waals surface area contributed by atoms with Crippen LogP contribution in [0.2, 0.25) is 0 Å². The van der Waals surface area contributed by atoms with Crippen LogP contribution in [0.4, 0.5) is 0 Å². The maximum Gasteiger partial charge on any atom is 0.325 e. The van der Waals surface area contributed by atoms with Crippen molar-refractivity contribution in [3.05, 3.63) is 28.7 Å². The number of hydrogen-bond acceptors (Lipinski definition) is 6. The molecule has 0 aliphatic heterocycles. The Morgan fingerprint density at radius 1 is 1.33 bits per heavy atom. The van der Waals surface area contributed by atoms with Crippen LogP contribution in [0.1, 0.15) is 6.92 Å². The van der Waals surface area contributed by atoms with Gasteiger partial charge in [0.15, 0.2) is 11.5 Å². The van der Waals surface area contributed by atoms with Crippen molar-refractivity contribution in [2.24, 2.45) is 0 Å². The fraction of sp³-hybridized carbons (Fsp3) is 0.333. The van der Waals surface area contributed by atoms with Crippen LogP contribution in [0, 0.1) is 0 Å². The summed E-state index contributed by atoms with van der Waals surface area (Å²) >= 11 is 0. The van der Waals surface area contributed by atoms with Crippen molar-refractivity contribution in [1.29, 1.82) is 0 Å². The molecule has 0 radical (unpaired) electrons. The fourth-order valence-corrected chi connectivity index (χ4v) is 2.18. The monoisotopic (exact) mass is 335 g/mol. The van der Waals surface area contributed by atoms with Crippen LogP contribution in [-0.4, -0.2) is 47.0 Å². The molecule has 128 valence electrons. The number of nitrogens with one attached hydrogen (secondary N) is 1. The van der Waals surface area contributed by atoms with Gasteiger partial charge in [-0.05, 0) is 19.1 Å². The second-order valence-corrected chi connectivity index (χ2v) is 5.00. The Balaban J connectivity index is 2.42. The van der Waals surface area contributed by atoms with E-state index in [4.69, 9.17) is 14.6 Å². The first-order valence-electron chi connectivity index (χ1n) is 7.02. The number of amides is 1. The third-order valence-corrected chi connectivity index (χ3v) is 3.40. The number of nitrogens with zero attached hydrogens (tertiary/aromatic N) is 2. The highest BCUT2D eigenvalue weighted by atomic mass is 16.5. The van der Waals surface area contributed by atoms with Crippen LogP contribution in [0.5, 0.6) is 11.5 Å². The number of aromatic nitrogens is 2. The number of aliphatic carboxylic acids is 1. The van der Waals surface area contributed by atoms with E-state index >= 15 is 0 Å². The summed E-state index contributed by atoms with van der Waals surface area (Å²) < 4.78 is 11.3. The molecule has 1 unspecified atom stereocenters. The van der Waals surface area contributed by atoms with Gasteiger partial charge in [-0.25, -0.2) is 4.68 Å². The Bertz CT molecular complexity index is 845. The molecule has 0 fully saturated rings. The van der Waals surface area contributed by atoms with Crippen molar-refractivity contribution < 1.29 is 24.2 Å². The van der Waals surface area contributed by atoms with Crippen LogP contribution in [0.3, 0.4) is 0 Å². The zero-order chi connectivity index (χ0) is 17.9. The van der Waals surface area contributed by atoms with Crippen molar-refractivity contribution in [3.63, 3.8) is 0 Å². The molecule has 0 aliphatic carbocycles. The number of methoxy groups -OCH3 is 2. The molecule has 1 atom stereocenters. The molecule has 1 amide bonds. The predicted molar refractivity (Wildman–Crippen MR) is 84.3 cm³/mol. The van der Waals surface area contributed by atoms with Gasteiger partial charge in [0.1, 0.15) is 12.6 Å². The van der Waals surface area contributed by atoms with Gasteiger partial charge >= 0.3 is 5.97 Å². The van der Waals surface area contributed by atoms with E-state index in [1.165, 1.54) is 27.3 Å². The molecule has 0 saturated heterocycles. The van der Waals surface area contributed by atoms with Crippen LogP contribution in [0.15, 0.2) is 23.1 Å². The Hall–Kier alpha value is -3.10. The summed E-state index contributed by atoms with van der Waals surface area (Å²) in [4.78, 5) is 35.2. The minimum absolute atomic E-state index is 0.228. The molecule has 2 rings (SSSR count). The molecule has 0 spiro atoms. The second-order valence-electron chi connectivity index (χ2n) is 5.00. The van der Waals surface area contributed by atoms with Gasteiger partial charge in [-0.15, -0.1) is 0 Å². The van der Waals surface area contributed by atoms with Crippen molar-refractivity contribution in [2.45, 2.75) is 19.5 Å². The number of fused-ring (bicyclic) bond motifs is 1. The maximum atomic E-state index is 12.6. The summed E-state index contributed by atoms with van der Waals surface area (Å²) in [6, 6.07) is 2.24. The molecule has 0 saturated carbocycles. The van der Waals surface area contributed by atoms with Gasteiger partial charge in [0, 0.05) is 5.39 Å². The van der Waals surface area contributed by atoms with Crippen molar-refractivity contribution >= 4 is 22.6 Å². The summed E-state index contributed by atoms with van der Waals surface area (Å²) in [7, 11) is 2.85. The topological polar surface area (TPSA) is 120 Å². The van der Waals surface area contributed by atoms with Gasteiger partial charge in [-0.3, -0.25) is 14.4 Å². The third-order valence-electron chi connectivity index (χ3n) is 3.40. The minimum Gasteiger partial charge on any atom is -0.493 e. The number of carboxylic acid groups (broad SMARTS) is 1. The van der Waals surface area contributed by atoms with E-state index in [0.29, 0.717) is 11.1 Å². The number of carboxylic acids is 1. The zero-order valence-electron chi connectivity index (χ0n) is 13.4. The minimum atomic E-state index is -1.17. The van der Waals surface area contributed by atoms with Crippen LogP contribution in [-0.2, 0) is 16.1 Å². The Kier molecular flexibility index (Phi) is 5.02. The molecule has 1 heterocycles. The largest absolute Gasteiger partial charge is 0.493 e.